The van der Waals surface area contributed by atoms with Crippen LogP contribution < -0.4 is 0 Å². The zero-order chi connectivity index (χ0) is 14.5. The first-order valence-corrected chi connectivity index (χ1v) is 11.5. The van der Waals surface area contributed by atoms with Crippen LogP contribution in [0.4, 0.5) is 0 Å². The van der Waals surface area contributed by atoms with E-state index in [1.807, 2.05) is 0 Å². The van der Waals surface area contributed by atoms with E-state index in [2.05, 4.69) is 11.8 Å². The van der Waals surface area contributed by atoms with E-state index in [9.17, 15) is 8.42 Å². The van der Waals surface area contributed by atoms with Crippen molar-refractivity contribution in [3.8, 4) is 0 Å². The van der Waals surface area contributed by atoms with Crippen LogP contribution in [0.25, 0.3) is 0 Å². The van der Waals surface area contributed by atoms with Gasteiger partial charge in [-0.15, -0.1) is 0 Å². The van der Waals surface area contributed by atoms with Gasteiger partial charge in [0.1, 0.15) is 9.84 Å². The van der Waals surface area contributed by atoms with Crippen molar-refractivity contribution in [3.05, 3.63) is 0 Å². The molecule has 0 bridgehead atoms. The van der Waals surface area contributed by atoms with Crippen LogP contribution in [0.1, 0.15) is 77.0 Å². The topological polar surface area (TPSA) is 34.1 Å². The Kier molecular flexibility index (Phi) is 10.9. The lowest BCUT2D eigenvalue weighted by atomic mass is 10.0. The van der Waals surface area contributed by atoms with E-state index in [1.54, 1.807) is 0 Å². The molecule has 2 aliphatic heterocycles. The largest absolute Gasteiger partial charge is 0.229 e. The van der Waals surface area contributed by atoms with Crippen LogP contribution in [0, 0.1) is 0 Å². The third-order valence-corrected chi connectivity index (χ3v) is 6.96. The summed E-state index contributed by atoms with van der Waals surface area (Å²) in [6.45, 7) is 0. The molecule has 3 fully saturated rings. The van der Waals surface area contributed by atoms with E-state index in [-0.39, 0.29) is 0 Å². The Morgan fingerprint density at radius 3 is 1.05 bits per heavy atom. The zero-order valence-corrected chi connectivity index (χ0v) is 14.6. The molecule has 0 aromatic rings. The highest BCUT2D eigenvalue weighted by Crippen LogP contribution is 2.15. The maximum atomic E-state index is 10.7. The third-order valence-electron chi connectivity index (χ3n) is 3.99. The summed E-state index contributed by atoms with van der Waals surface area (Å²) in [5, 5.41) is 0. The Morgan fingerprint density at radius 1 is 0.500 bits per heavy atom. The molecule has 2 saturated heterocycles. The zero-order valence-electron chi connectivity index (χ0n) is 12.9. The molecular formula is C16H32O2S2. The second kappa shape index (κ2) is 11.9. The lowest BCUT2D eigenvalue weighted by Gasteiger charge is -2.08. The van der Waals surface area contributed by atoms with Crippen LogP contribution in [-0.2, 0) is 9.84 Å². The summed E-state index contributed by atoms with van der Waals surface area (Å²) in [7, 11) is -2.58. The molecule has 20 heavy (non-hydrogen) atoms. The van der Waals surface area contributed by atoms with E-state index in [0.717, 1.165) is 19.3 Å². The lowest BCUT2D eigenvalue weighted by Crippen LogP contribution is -2.15. The maximum Gasteiger partial charge on any atom is 0.150 e. The molecule has 1 saturated carbocycles. The van der Waals surface area contributed by atoms with Crippen molar-refractivity contribution in [1.82, 2.24) is 0 Å². The van der Waals surface area contributed by atoms with Gasteiger partial charge in [0.15, 0.2) is 0 Å². The number of sulfone groups is 1. The average Bonchev–Trinajstić information content (AvgIpc) is 2.52. The van der Waals surface area contributed by atoms with Gasteiger partial charge in [-0.05, 0) is 37.2 Å². The highest BCUT2D eigenvalue weighted by atomic mass is 32.2. The minimum Gasteiger partial charge on any atom is -0.229 e. The van der Waals surface area contributed by atoms with Gasteiger partial charge in [-0.25, -0.2) is 8.42 Å². The number of hydrogen-bond donors (Lipinski definition) is 0. The fourth-order valence-electron chi connectivity index (χ4n) is 2.67. The lowest BCUT2D eigenvalue weighted by molar-refractivity contribution is 0.504. The standard InChI is InChI=1S/C6H12.C5H10O2S.C5H10S/c1-2-4-6-5-3-1;6-8(7)4-2-1-3-5-8;1-2-4-6-5-3-1/h1-6H2;1-5H2;1-5H2. The van der Waals surface area contributed by atoms with Crippen LogP contribution in [0.5, 0.6) is 0 Å². The van der Waals surface area contributed by atoms with E-state index in [4.69, 9.17) is 0 Å². The van der Waals surface area contributed by atoms with Crippen LogP contribution in [0.15, 0.2) is 0 Å². The third kappa shape index (κ3) is 11.0. The van der Waals surface area contributed by atoms with E-state index in [0.29, 0.717) is 11.5 Å². The van der Waals surface area contributed by atoms with Crippen LogP contribution in [0.2, 0.25) is 0 Å². The number of thioether (sulfide) groups is 1. The van der Waals surface area contributed by atoms with Gasteiger partial charge in [-0.3, -0.25) is 0 Å². The predicted octanol–water partition coefficient (Wildman–Crippen LogP) is 4.83. The summed E-state index contributed by atoms with van der Waals surface area (Å²) in [5.74, 6) is 3.68. The first-order valence-electron chi connectivity index (χ1n) is 8.49. The van der Waals surface area contributed by atoms with Crippen molar-refractivity contribution in [2.75, 3.05) is 23.0 Å². The van der Waals surface area contributed by atoms with Crippen LogP contribution in [-0.4, -0.2) is 31.4 Å². The molecule has 0 atom stereocenters. The number of rotatable bonds is 0. The smallest absolute Gasteiger partial charge is 0.150 e. The van der Waals surface area contributed by atoms with Crippen molar-refractivity contribution in [3.63, 3.8) is 0 Å². The predicted molar refractivity (Wildman–Crippen MR) is 91.4 cm³/mol. The molecule has 0 unspecified atom stereocenters. The summed E-state index contributed by atoms with van der Waals surface area (Å²) in [5.41, 5.74) is 0. The second-order valence-corrected chi connectivity index (χ2v) is 9.54. The minimum atomic E-state index is -2.58. The van der Waals surface area contributed by atoms with Crippen molar-refractivity contribution in [2.45, 2.75) is 77.0 Å². The molecular weight excluding hydrogens is 288 g/mol. The quantitative estimate of drug-likeness (QED) is 0.641. The van der Waals surface area contributed by atoms with Crippen molar-refractivity contribution in [2.24, 2.45) is 0 Å². The molecule has 3 rings (SSSR count). The van der Waals surface area contributed by atoms with Crippen molar-refractivity contribution >= 4 is 21.6 Å². The average molecular weight is 321 g/mol. The fraction of sp³-hybridized carbons (Fsp3) is 1.00. The SMILES string of the molecule is C1CCCCC1.C1CCSCC1.O=S1(=O)CCCCC1. The van der Waals surface area contributed by atoms with Gasteiger partial charge in [0.05, 0.1) is 11.5 Å². The van der Waals surface area contributed by atoms with Crippen LogP contribution in [0.3, 0.4) is 0 Å². The van der Waals surface area contributed by atoms with Gasteiger partial charge >= 0.3 is 0 Å². The van der Waals surface area contributed by atoms with Gasteiger partial charge in [0.25, 0.3) is 0 Å². The van der Waals surface area contributed by atoms with Crippen molar-refractivity contribution < 1.29 is 8.42 Å². The molecule has 4 heteroatoms. The second-order valence-electron chi connectivity index (χ2n) is 6.01. The first kappa shape index (κ1) is 18.3. The normalized spacial score (nSPS) is 25.4. The van der Waals surface area contributed by atoms with Crippen molar-refractivity contribution in [1.29, 1.82) is 0 Å². The molecule has 0 N–H and O–H groups in total. The molecule has 0 aromatic carbocycles. The van der Waals surface area contributed by atoms with Gasteiger partial charge in [-0.1, -0.05) is 51.4 Å². The number of hydrogen-bond acceptors (Lipinski definition) is 3. The summed E-state index contributed by atoms with van der Waals surface area (Å²) in [6.07, 6.45) is 16.3. The van der Waals surface area contributed by atoms with E-state index in [1.165, 1.54) is 69.3 Å². The fourth-order valence-corrected chi connectivity index (χ4v) is 5.18. The highest BCUT2D eigenvalue weighted by Gasteiger charge is 2.14. The van der Waals surface area contributed by atoms with E-state index < -0.39 is 9.84 Å². The molecule has 2 nitrogen and oxygen atoms in total. The molecule has 0 spiro atoms. The molecule has 0 amide bonds. The summed E-state index contributed by atoms with van der Waals surface area (Å²) >= 11 is 2.09. The molecule has 1 aliphatic carbocycles. The Bertz CT molecular complexity index is 257. The minimum absolute atomic E-state index is 0.424. The van der Waals surface area contributed by atoms with E-state index >= 15 is 0 Å². The molecule has 0 aromatic heterocycles. The van der Waals surface area contributed by atoms with Gasteiger partial charge < -0.3 is 0 Å². The highest BCUT2D eigenvalue weighted by molar-refractivity contribution is 7.99. The molecule has 3 aliphatic rings. The summed E-state index contributed by atoms with van der Waals surface area (Å²) in [6, 6.07) is 0. The van der Waals surface area contributed by atoms with Crippen LogP contribution >= 0.6 is 11.8 Å². The van der Waals surface area contributed by atoms with Gasteiger partial charge in [0, 0.05) is 0 Å². The van der Waals surface area contributed by atoms with Gasteiger partial charge in [-0.2, -0.15) is 11.8 Å². The Labute approximate surface area is 130 Å². The molecule has 120 valence electrons. The Hall–Kier alpha value is 0.300. The first-order chi connectivity index (χ1) is 9.71. The monoisotopic (exact) mass is 320 g/mol. The summed E-state index contributed by atoms with van der Waals surface area (Å²) in [4.78, 5) is 0. The molecule has 0 radical (unpaired) electrons. The Morgan fingerprint density at radius 2 is 0.850 bits per heavy atom. The Balaban J connectivity index is 0.000000152. The summed E-state index contributed by atoms with van der Waals surface area (Å²) < 4.78 is 21.3. The maximum absolute atomic E-state index is 10.7. The molecule has 2 heterocycles. The van der Waals surface area contributed by atoms with Gasteiger partial charge in [0.2, 0.25) is 0 Å².